The molecule has 130 valence electrons. The van der Waals surface area contributed by atoms with Crippen LogP contribution in [0.3, 0.4) is 0 Å². The molecule has 0 saturated carbocycles. The lowest BCUT2D eigenvalue weighted by Crippen LogP contribution is -2.36. The minimum Gasteiger partial charge on any atom is -0.351 e. The quantitative estimate of drug-likeness (QED) is 0.852. The van der Waals surface area contributed by atoms with Crippen molar-refractivity contribution < 1.29 is 9.59 Å². The molecule has 1 aliphatic heterocycles. The van der Waals surface area contributed by atoms with E-state index < -0.39 is 5.92 Å². The fourth-order valence-corrected chi connectivity index (χ4v) is 3.21. The lowest BCUT2D eigenvalue weighted by atomic mass is 10.1. The van der Waals surface area contributed by atoms with Crippen molar-refractivity contribution >= 4 is 17.5 Å². The van der Waals surface area contributed by atoms with Crippen molar-refractivity contribution in [2.45, 2.75) is 33.2 Å². The maximum atomic E-state index is 12.6. The highest BCUT2D eigenvalue weighted by Crippen LogP contribution is 2.26. The molecule has 1 saturated heterocycles. The van der Waals surface area contributed by atoms with Gasteiger partial charge >= 0.3 is 0 Å². The minimum atomic E-state index is -0.588. The van der Waals surface area contributed by atoms with E-state index in [-0.39, 0.29) is 11.8 Å². The van der Waals surface area contributed by atoms with Gasteiger partial charge in [-0.15, -0.1) is 0 Å². The minimum absolute atomic E-state index is 0.105. The summed E-state index contributed by atoms with van der Waals surface area (Å²) in [6, 6.07) is 15.9. The molecular formula is C21H24N2O2. The van der Waals surface area contributed by atoms with Crippen LogP contribution in [-0.4, -0.2) is 18.4 Å². The monoisotopic (exact) mass is 336 g/mol. The number of hydrogen-bond acceptors (Lipinski definition) is 2. The smallest absolute Gasteiger partial charge is 0.239 e. The summed E-state index contributed by atoms with van der Waals surface area (Å²) in [7, 11) is 0. The van der Waals surface area contributed by atoms with Crippen molar-refractivity contribution in [1.29, 1.82) is 0 Å². The van der Waals surface area contributed by atoms with Crippen LogP contribution in [0.25, 0.3) is 0 Å². The van der Waals surface area contributed by atoms with Gasteiger partial charge in [-0.2, -0.15) is 0 Å². The van der Waals surface area contributed by atoms with Crippen molar-refractivity contribution in [3.8, 4) is 0 Å². The van der Waals surface area contributed by atoms with Crippen molar-refractivity contribution in [2.75, 3.05) is 11.4 Å². The van der Waals surface area contributed by atoms with Crippen LogP contribution in [0.15, 0.2) is 48.5 Å². The van der Waals surface area contributed by atoms with E-state index in [0.29, 0.717) is 19.5 Å². The lowest BCUT2D eigenvalue weighted by Gasteiger charge is -2.17. The zero-order valence-electron chi connectivity index (χ0n) is 14.8. The van der Waals surface area contributed by atoms with E-state index in [9.17, 15) is 9.59 Å². The largest absolute Gasteiger partial charge is 0.351 e. The van der Waals surface area contributed by atoms with Gasteiger partial charge < -0.3 is 10.2 Å². The summed E-state index contributed by atoms with van der Waals surface area (Å²) in [5.74, 6) is -0.873. The average Bonchev–Trinajstić information content (AvgIpc) is 3.02. The Labute approximate surface area is 148 Å². The Bertz CT molecular complexity index is 768. The summed E-state index contributed by atoms with van der Waals surface area (Å²) < 4.78 is 0. The van der Waals surface area contributed by atoms with Gasteiger partial charge in [-0.05, 0) is 48.6 Å². The van der Waals surface area contributed by atoms with Crippen LogP contribution < -0.4 is 10.2 Å². The Morgan fingerprint density at radius 2 is 1.88 bits per heavy atom. The number of nitrogens with zero attached hydrogens (tertiary/aromatic N) is 1. The molecule has 3 rings (SSSR count). The Balaban J connectivity index is 1.62. The molecule has 1 N–H and O–H groups in total. The maximum absolute atomic E-state index is 12.6. The van der Waals surface area contributed by atoms with Crippen molar-refractivity contribution in [3.63, 3.8) is 0 Å². The summed E-state index contributed by atoms with van der Waals surface area (Å²) >= 11 is 0. The second kappa shape index (κ2) is 7.51. The predicted octanol–water partition coefficient (Wildman–Crippen LogP) is 3.23. The third kappa shape index (κ3) is 3.73. The van der Waals surface area contributed by atoms with Gasteiger partial charge in [-0.1, -0.05) is 43.3 Å². The summed E-state index contributed by atoms with van der Waals surface area (Å²) in [6.45, 7) is 5.17. The van der Waals surface area contributed by atoms with E-state index in [0.717, 1.165) is 23.2 Å². The van der Waals surface area contributed by atoms with Gasteiger partial charge in [0.2, 0.25) is 11.8 Å². The van der Waals surface area contributed by atoms with Crippen LogP contribution in [0.1, 0.15) is 30.0 Å². The number of anilines is 1. The van der Waals surface area contributed by atoms with Gasteiger partial charge in [-0.3, -0.25) is 9.59 Å². The van der Waals surface area contributed by atoms with E-state index >= 15 is 0 Å². The van der Waals surface area contributed by atoms with Crippen LogP contribution in [0.2, 0.25) is 0 Å². The molecule has 1 heterocycles. The summed E-state index contributed by atoms with van der Waals surface area (Å²) in [4.78, 5) is 26.8. The number of nitrogens with one attached hydrogen (secondary N) is 1. The highest BCUT2D eigenvalue weighted by molar-refractivity contribution is 6.09. The molecule has 0 aromatic heterocycles. The highest BCUT2D eigenvalue weighted by Gasteiger charge is 2.37. The molecule has 2 aromatic rings. The molecule has 2 amide bonds. The normalized spacial score (nSPS) is 17.0. The highest BCUT2D eigenvalue weighted by atomic mass is 16.2. The summed E-state index contributed by atoms with van der Waals surface area (Å²) in [5.41, 5.74) is 4.32. The fourth-order valence-electron chi connectivity index (χ4n) is 3.21. The van der Waals surface area contributed by atoms with Crippen LogP contribution in [-0.2, 0) is 22.6 Å². The second-order valence-corrected chi connectivity index (χ2v) is 6.50. The Morgan fingerprint density at radius 1 is 1.16 bits per heavy atom. The maximum Gasteiger partial charge on any atom is 0.239 e. The predicted molar refractivity (Wildman–Crippen MR) is 99.3 cm³/mol. The molecule has 1 fully saturated rings. The molecule has 4 nitrogen and oxygen atoms in total. The molecule has 0 spiro atoms. The zero-order chi connectivity index (χ0) is 17.8. The molecule has 2 aromatic carbocycles. The van der Waals surface area contributed by atoms with Crippen LogP contribution >= 0.6 is 0 Å². The van der Waals surface area contributed by atoms with Gasteiger partial charge in [0.15, 0.2) is 0 Å². The van der Waals surface area contributed by atoms with E-state index in [1.165, 1.54) is 5.56 Å². The average molecular weight is 336 g/mol. The van der Waals surface area contributed by atoms with Crippen LogP contribution in [0.5, 0.6) is 0 Å². The van der Waals surface area contributed by atoms with Crippen LogP contribution in [0, 0.1) is 12.8 Å². The molecular weight excluding hydrogens is 312 g/mol. The Kier molecular flexibility index (Phi) is 5.17. The van der Waals surface area contributed by atoms with E-state index in [4.69, 9.17) is 0 Å². The third-order valence-corrected chi connectivity index (χ3v) is 4.89. The number of rotatable bonds is 5. The number of amides is 2. The van der Waals surface area contributed by atoms with Crippen molar-refractivity contribution in [1.82, 2.24) is 5.32 Å². The van der Waals surface area contributed by atoms with E-state index in [1.807, 2.05) is 55.5 Å². The molecule has 1 aliphatic rings. The fraction of sp³-hybridized carbons (Fsp3) is 0.333. The Hall–Kier alpha value is -2.62. The summed E-state index contributed by atoms with van der Waals surface area (Å²) in [6.07, 6.45) is 1.53. The molecule has 1 atom stereocenters. The number of hydrogen-bond donors (Lipinski definition) is 1. The molecule has 0 radical (unpaired) electrons. The molecule has 0 aliphatic carbocycles. The molecule has 25 heavy (non-hydrogen) atoms. The van der Waals surface area contributed by atoms with E-state index in [2.05, 4.69) is 12.2 Å². The first-order valence-electron chi connectivity index (χ1n) is 8.82. The zero-order valence-corrected chi connectivity index (χ0v) is 14.8. The lowest BCUT2D eigenvalue weighted by molar-refractivity contribution is -0.132. The SMILES string of the molecule is CCc1ccc(N2CCC(C(=O)NCc3ccccc3C)C2=O)cc1. The second-order valence-electron chi connectivity index (χ2n) is 6.50. The first kappa shape index (κ1) is 17.2. The number of benzene rings is 2. The van der Waals surface area contributed by atoms with Crippen molar-refractivity contribution in [2.24, 2.45) is 5.92 Å². The number of carbonyl (C=O) groups is 2. The van der Waals surface area contributed by atoms with Gasteiger partial charge in [-0.25, -0.2) is 0 Å². The van der Waals surface area contributed by atoms with Crippen molar-refractivity contribution in [3.05, 3.63) is 65.2 Å². The topological polar surface area (TPSA) is 49.4 Å². The first-order chi connectivity index (χ1) is 12.1. The molecule has 0 bridgehead atoms. The summed E-state index contributed by atoms with van der Waals surface area (Å²) in [5, 5.41) is 2.92. The Morgan fingerprint density at radius 3 is 2.56 bits per heavy atom. The van der Waals surface area contributed by atoms with Gasteiger partial charge in [0.05, 0.1) is 0 Å². The number of aryl methyl sites for hydroxylation is 2. The van der Waals surface area contributed by atoms with Gasteiger partial charge in [0, 0.05) is 18.8 Å². The van der Waals surface area contributed by atoms with E-state index in [1.54, 1.807) is 4.90 Å². The first-order valence-corrected chi connectivity index (χ1v) is 8.82. The number of carbonyl (C=O) groups excluding carboxylic acids is 2. The van der Waals surface area contributed by atoms with Crippen LogP contribution in [0.4, 0.5) is 5.69 Å². The molecule has 4 heteroatoms. The third-order valence-electron chi connectivity index (χ3n) is 4.89. The molecule has 1 unspecified atom stereocenters. The van der Waals surface area contributed by atoms with Gasteiger partial charge in [0.25, 0.3) is 0 Å². The standard InChI is InChI=1S/C21H24N2O2/c1-3-16-8-10-18(11-9-16)23-13-12-19(21(23)25)20(24)22-14-17-7-5-4-6-15(17)2/h4-11,19H,3,12-14H2,1-2H3,(H,22,24). The van der Waals surface area contributed by atoms with Gasteiger partial charge in [0.1, 0.15) is 5.92 Å².